The summed E-state index contributed by atoms with van der Waals surface area (Å²) in [6.45, 7) is 1.89. The first-order valence-electron chi connectivity index (χ1n) is 9.28. The molecule has 150 valence electrons. The number of aromatic nitrogens is 1. The van der Waals surface area contributed by atoms with E-state index in [4.69, 9.17) is 32.9 Å². The molecule has 1 N–H and O–H groups in total. The quantitative estimate of drug-likeness (QED) is 0.383. The van der Waals surface area contributed by atoms with E-state index >= 15 is 0 Å². The van der Waals surface area contributed by atoms with Crippen molar-refractivity contribution >= 4 is 45.7 Å². The summed E-state index contributed by atoms with van der Waals surface area (Å²) < 4.78 is 5.25. The largest absolute Gasteiger partial charge is 0.497 e. The molecule has 0 spiro atoms. The summed E-state index contributed by atoms with van der Waals surface area (Å²) in [5.41, 5.74) is 4.03. The summed E-state index contributed by atoms with van der Waals surface area (Å²) in [6, 6.07) is 20.2. The average Bonchev–Trinajstić information content (AvgIpc) is 2.76. The summed E-state index contributed by atoms with van der Waals surface area (Å²) in [7, 11) is 1.62. The average molecular weight is 437 g/mol. The second-order valence-corrected chi connectivity index (χ2v) is 7.57. The molecule has 0 aliphatic carbocycles. The zero-order chi connectivity index (χ0) is 21.3. The third-order valence-electron chi connectivity index (χ3n) is 4.93. The molecule has 0 atom stereocenters. The Balaban J connectivity index is 1.87. The Morgan fingerprint density at radius 3 is 2.27 bits per heavy atom. The molecule has 0 aliphatic rings. The normalized spacial score (nSPS) is 10.8. The number of amides is 1. The highest BCUT2D eigenvalue weighted by Crippen LogP contribution is 2.34. The number of pyridine rings is 1. The predicted octanol–water partition coefficient (Wildman–Crippen LogP) is 6.78. The lowest BCUT2D eigenvalue weighted by molar-refractivity contribution is 0.102. The third-order valence-corrected chi connectivity index (χ3v) is 5.56. The minimum absolute atomic E-state index is 0.295. The Bertz CT molecular complexity index is 1230. The van der Waals surface area contributed by atoms with Crippen LogP contribution in [0.25, 0.3) is 22.2 Å². The van der Waals surface area contributed by atoms with Crippen LogP contribution in [0.4, 0.5) is 5.69 Å². The number of para-hydroxylation sites is 2. The van der Waals surface area contributed by atoms with Gasteiger partial charge in [0.25, 0.3) is 5.91 Å². The SMILES string of the molecule is COc1ccc(-c2nc3ccccc3c(C(=O)Nc3c(Cl)cccc3Cl)c2C)cc1. The van der Waals surface area contributed by atoms with Gasteiger partial charge in [-0.1, -0.05) is 47.5 Å². The van der Waals surface area contributed by atoms with Crippen molar-refractivity contribution in [3.63, 3.8) is 0 Å². The van der Waals surface area contributed by atoms with E-state index in [0.717, 1.165) is 33.5 Å². The van der Waals surface area contributed by atoms with Crippen LogP contribution in [0.3, 0.4) is 0 Å². The maximum absolute atomic E-state index is 13.4. The monoisotopic (exact) mass is 436 g/mol. The van der Waals surface area contributed by atoms with Crippen LogP contribution in [-0.2, 0) is 0 Å². The molecule has 1 heterocycles. The molecule has 0 unspecified atom stereocenters. The van der Waals surface area contributed by atoms with Gasteiger partial charge in [0.05, 0.1) is 39.6 Å². The van der Waals surface area contributed by atoms with Crippen LogP contribution in [-0.4, -0.2) is 18.0 Å². The summed E-state index contributed by atoms with van der Waals surface area (Å²) in [4.78, 5) is 18.2. The number of fused-ring (bicyclic) bond motifs is 1. The minimum atomic E-state index is -0.295. The first-order valence-corrected chi connectivity index (χ1v) is 10.0. The maximum atomic E-state index is 13.4. The molecule has 0 aliphatic heterocycles. The molecule has 3 aromatic carbocycles. The first-order chi connectivity index (χ1) is 14.5. The van der Waals surface area contributed by atoms with Gasteiger partial charge in [0, 0.05) is 10.9 Å². The second-order valence-electron chi connectivity index (χ2n) is 6.76. The number of rotatable bonds is 4. The zero-order valence-corrected chi connectivity index (χ0v) is 17.9. The molecule has 0 fully saturated rings. The molecular weight excluding hydrogens is 419 g/mol. The van der Waals surface area contributed by atoms with Gasteiger partial charge in [-0.2, -0.15) is 0 Å². The Hall–Kier alpha value is -3.08. The summed E-state index contributed by atoms with van der Waals surface area (Å²) in [5.74, 6) is 0.458. The number of anilines is 1. The van der Waals surface area contributed by atoms with Crippen molar-refractivity contribution in [3.8, 4) is 17.0 Å². The molecule has 0 saturated carbocycles. The minimum Gasteiger partial charge on any atom is -0.497 e. The van der Waals surface area contributed by atoms with Gasteiger partial charge in [0.2, 0.25) is 0 Å². The molecule has 6 heteroatoms. The van der Waals surface area contributed by atoms with Gasteiger partial charge in [-0.15, -0.1) is 0 Å². The second kappa shape index (κ2) is 8.34. The van der Waals surface area contributed by atoms with Crippen molar-refractivity contribution in [2.45, 2.75) is 6.92 Å². The van der Waals surface area contributed by atoms with Crippen molar-refractivity contribution in [1.29, 1.82) is 0 Å². The van der Waals surface area contributed by atoms with Crippen LogP contribution in [0.5, 0.6) is 5.75 Å². The molecule has 30 heavy (non-hydrogen) atoms. The Morgan fingerprint density at radius 2 is 1.60 bits per heavy atom. The number of ether oxygens (including phenoxy) is 1. The van der Waals surface area contributed by atoms with E-state index < -0.39 is 0 Å². The Morgan fingerprint density at radius 1 is 0.933 bits per heavy atom. The topological polar surface area (TPSA) is 51.2 Å². The zero-order valence-electron chi connectivity index (χ0n) is 16.4. The van der Waals surface area contributed by atoms with E-state index in [-0.39, 0.29) is 5.91 Å². The van der Waals surface area contributed by atoms with Crippen LogP contribution in [0.2, 0.25) is 10.0 Å². The van der Waals surface area contributed by atoms with Crippen molar-refractivity contribution in [3.05, 3.63) is 87.9 Å². The Labute approximate surface area is 184 Å². The predicted molar refractivity (Wildman–Crippen MR) is 123 cm³/mol. The number of nitrogens with one attached hydrogen (secondary N) is 1. The van der Waals surface area contributed by atoms with Gasteiger partial charge >= 0.3 is 0 Å². The third kappa shape index (κ3) is 3.72. The lowest BCUT2D eigenvalue weighted by Gasteiger charge is -2.16. The van der Waals surface area contributed by atoms with E-state index in [1.54, 1.807) is 25.3 Å². The fraction of sp³-hybridized carbons (Fsp3) is 0.0833. The van der Waals surface area contributed by atoms with Gasteiger partial charge in [-0.3, -0.25) is 4.79 Å². The number of halogens is 2. The highest BCUT2D eigenvalue weighted by molar-refractivity contribution is 6.40. The van der Waals surface area contributed by atoms with Crippen LogP contribution < -0.4 is 10.1 Å². The summed E-state index contributed by atoms with van der Waals surface area (Å²) in [6.07, 6.45) is 0. The highest BCUT2D eigenvalue weighted by atomic mass is 35.5. The standard InChI is InChI=1S/C24H18Cl2N2O2/c1-14-21(24(29)28-23-18(25)7-5-8-19(23)26)17-6-3-4-9-20(17)27-22(14)15-10-12-16(30-2)13-11-15/h3-13H,1-2H3,(H,28,29). The van der Waals surface area contributed by atoms with Crippen molar-refractivity contribution in [2.24, 2.45) is 0 Å². The van der Waals surface area contributed by atoms with Crippen LogP contribution in [0.1, 0.15) is 15.9 Å². The van der Waals surface area contributed by atoms with Crippen LogP contribution in [0, 0.1) is 6.92 Å². The Kier molecular flexibility index (Phi) is 5.62. The molecule has 0 radical (unpaired) electrons. The lowest BCUT2D eigenvalue weighted by Crippen LogP contribution is -2.16. The first kappa shape index (κ1) is 20.2. The number of hydrogen-bond acceptors (Lipinski definition) is 3. The summed E-state index contributed by atoms with van der Waals surface area (Å²) >= 11 is 12.5. The van der Waals surface area contributed by atoms with Crippen molar-refractivity contribution < 1.29 is 9.53 Å². The maximum Gasteiger partial charge on any atom is 0.256 e. The number of carbonyl (C=O) groups excluding carboxylic acids is 1. The van der Waals surface area contributed by atoms with E-state index in [1.807, 2.05) is 55.5 Å². The number of carbonyl (C=O) groups is 1. The summed E-state index contributed by atoms with van der Waals surface area (Å²) in [5, 5.41) is 4.39. The van der Waals surface area contributed by atoms with Gasteiger partial charge in [0.1, 0.15) is 5.75 Å². The molecule has 1 amide bonds. The van der Waals surface area contributed by atoms with Gasteiger partial charge < -0.3 is 10.1 Å². The molecule has 4 nitrogen and oxygen atoms in total. The smallest absolute Gasteiger partial charge is 0.256 e. The van der Waals surface area contributed by atoms with Crippen LogP contribution >= 0.6 is 23.2 Å². The molecule has 4 aromatic rings. The van der Waals surface area contributed by atoms with Crippen molar-refractivity contribution in [2.75, 3.05) is 12.4 Å². The number of benzene rings is 3. The van der Waals surface area contributed by atoms with Gasteiger partial charge in [-0.25, -0.2) is 4.98 Å². The van der Waals surface area contributed by atoms with E-state index in [1.165, 1.54) is 0 Å². The number of nitrogens with zero attached hydrogens (tertiary/aromatic N) is 1. The van der Waals surface area contributed by atoms with Crippen molar-refractivity contribution in [1.82, 2.24) is 4.98 Å². The van der Waals surface area contributed by atoms with Gasteiger partial charge in [-0.05, 0) is 55.0 Å². The molecule has 1 aromatic heterocycles. The fourth-order valence-corrected chi connectivity index (χ4v) is 3.92. The fourth-order valence-electron chi connectivity index (χ4n) is 3.42. The molecule has 0 saturated heterocycles. The molecule has 0 bridgehead atoms. The lowest BCUT2D eigenvalue weighted by atomic mass is 9.97. The van der Waals surface area contributed by atoms with E-state index in [9.17, 15) is 4.79 Å². The molecular formula is C24H18Cl2N2O2. The number of methoxy groups -OCH3 is 1. The highest BCUT2D eigenvalue weighted by Gasteiger charge is 2.20. The van der Waals surface area contributed by atoms with Gasteiger partial charge in [0.15, 0.2) is 0 Å². The van der Waals surface area contributed by atoms with E-state index in [2.05, 4.69) is 5.32 Å². The van der Waals surface area contributed by atoms with Crippen LogP contribution in [0.15, 0.2) is 66.7 Å². The number of hydrogen-bond donors (Lipinski definition) is 1. The molecule has 4 rings (SSSR count). The van der Waals surface area contributed by atoms with E-state index in [0.29, 0.717) is 21.3 Å².